The zero-order valence-electron chi connectivity index (χ0n) is 15.1. The summed E-state index contributed by atoms with van der Waals surface area (Å²) in [5, 5.41) is 2.38. The second kappa shape index (κ2) is 7.71. The van der Waals surface area contributed by atoms with Crippen molar-refractivity contribution in [3.8, 4) is 11.5 Å². The van der Waals surface area contributed by atoms with E-state index < -0.39 is 23.5 Å². The Hall–Kier alpha value is -3.36. The number of carbonyl (C=O) groups excluding carboxylic acids is 1. The average molecular weight is 390 g/mol. The van der Waals surface area contributed by atoms with Crippen LogP contribution in [0.2, 0.25) is 0 Å². The van der Waals surface area contributed by atoms with E-state index in [0.717, 1.165) is 6.54 Å². The van der Waals surface area contributed by atoms with Gasteiger partial charge < -0.3 is 14.6 Å². The third kappa shape index (κ3) is 4.13. The maximum Gasteiger partial charge on any atom is 0.452 e. The summed E-state index contributed by atoms with van der Waals surface area (Å²) in [6.45, 7) is 2.68. The Morgan fingerprint density at radius 1 is 1.18 bits per heavy atom. The van der Waals surface area contributed by atoms with Gasteiger partial charge in [0.25, 0.3) is 5.91 Å². The lowest BCUT2D eigenvalue weighted by Gasteiger charge is -2.15. The fraction of sp³-hybridized carbons (Fsp3) is 0.211. The van der Waals surface area contributed by atoms with Crippen LogP contribution in [0.25, 0.3) is 11.5 Å². The number of oxazole rings is 1. The highest BCUT2D eigenvalue weighted by molar-refractivity contribution is 6.04. The van der Waals surface area contributed by atoms with Gasteiger partial charge >= 0.3 is 6.18 Å². The number of nitrogens with zero attached hydrogens (tertiary/aromatic N) is 3. The number of amides is 1. The van der Waals surface area contributed by atoms with E-state index in [9.17, 15) is 18.0 Å². The van der Waals surface area contributed by atoms with Gasteiger partial charge in [0.2, 0.25) is 11.7 Å². The largest absolute Gasteiger partial charge is 0.452 e. The van der Waals surface area contributed by atoms with Crippen LogP contribution in [-0.4, -0.2) is 29.5 Å². The molecule has 0 aliphatic heterocycles. The number of hydrogen-bond donors (Lipinski definition) is 1. The quantitative estimate of drug-likeness (QED) is 0.696. The predicted molar refractivity (Wildman–Crippen MR) is 98.1 cm³/mol. The average Bonchev–Trinajstić information content (AvgIpc) is 3.15. The van der Waals surface area contributed by atoms with Gasteiger partial charge in [-0.2, -0.15) is 13.2 Å². The van der Waals surface area contributed by atoms with Gasteiger partial charge in [-0.1, -0.05) is 18.2 Å². The van der Waals surface area contributed by atoms with Gasteiger partial charge in [0.15, 0.2) is 5.69 Å². The van der Waals surface area contributed by atoms with Crippen LogP contribution in [0.15, 0.2) is 53.1 Å². The number of halogens is 3. The number of pyridine rings is 1. The van der Waals surface area contributed by atoms with Gasteiger partial charge in [0, 0.05) is 19.2 Å². The van der Waals surface area contributed by atoms with Crippen molar-refractivity contribution in [2.75, 3.05) is 23.8 Å². The van der Waals surface area contributed by atoms with Gasteiger partial charge in [-0.25, -0.2) is 9.97 Å². The molecule has 9 heteroatoms. The number of nitrogens with one attached hydrogen (secondary N) is 1. The van der Waals surface area contributed by atoms with E-state index in [4.69, 9.17) is 4.42 Å². The molecule has 0 saturated heterocycles. The molecule has 3 rings (SSSR count). The molecular weight excluding hydrogens is 373 g/mol. The predicted octanol–water partition coefficient (Wildman–Crippen LogP) is 4.46. The van der Waals surface area contributed by atoms with Crippen molar-refractivity contribution in [2.45, 2.75) is 13.1 Å². The highest BCUT2D eigenvalue weighted by Gasteiger charge is 2.42. The zero-order valence-corrected chi connectivity index (χ0v) is 15.1. The third-order valence-corrected chi connectivity index (χ3v) is 3.99. The van der Waals surface area contributed by atoms with Gasteiger partial charge in [-0.15, -0.1) is 0 Å². The van der Waals surface area contributed by atoms with Crippen LogP contribution < -0.4 is 10.2 Å². The Morgan fingerprint density at radius 2 is 1.89 bits per heavy atom. The number of alkyl halides is 3. The molecule has 0 spiro atoms. The number of benzene rings is 1. The summed E-state index contributed by atoms with van der Waals surface area (Å²) in [6, 6.07) is 11.3. The van der Waals surface area contributed by atoms with Crippen molar-refractivity contribution >= 4 is 17.4 Å². The van der Waals surface area contributed by atoms with Crippen molar-refractivity contribution < 1.29 is 22.4 Å². The van der Waals surface area contributed by atoms with Crippen LogP contribution >= 0.6 is 0 Å². The summed E-state index contributed by atoms with van der Waals surface area (Å²) in [6.07, 6.45) is -3.50. The van der Waals surface area contributed by atoms with Crippen LogP contribution in [0, 0.1) is 0 Å². The Kier molecular flexibility index (Phi) is 5.34. The van der Waals surface area contributed by atoms with Crippen molar-refractivity contribution in [3.05, 3.63) is 60.1 Å². The lowest BCUT2D eigenvalue weighted by Crippen LogP contribution is -2.19. The summed E-state index contributed by atoms with van der Waals surface area (Å²) >= 11 is 0. The summed E-state index contributed by atoms with van der Waals surface area (Å²) in [4.78, 5) is 22.2. The molecule has 2 aromatic heterocycles. The minimum absolute atomic E-state index is 0.246. The number of hydrogen-bond acceptors (Lipinski definition) is 5. The van der Waals surface area contributed by atoms with E-state index in [1.807, 2.05) is 18.9 Å². The van der Waals surface area contributed by atoms with E-state index in [-0.39, 0.29) is 11.6 Å². The number of anilines is 2. The first-order valence-corrected chi connectivity index (χ1v) is 8.41. The molecule has 0 bridgehead atoms. The van der Waals surface area contributed by atoms with Gasteiger partial charge in [0.05, 0.1) is 11.9 Å². The van der Waals surface area contributed by atoms with Gasteiger partial charge in [-0.05, 0) is 31.2 Å². The molecule has 0 aliphatic rings. The van der Waals surface area contributed by atoms with E-state index in [0.29, 0.717) is 11.4 Å². The van der Waals surface area contributed by atoms with Crippen molar-refractivity contribution in [1.29, 1.82) is 0 Å². The van der Waals surface area contributed by atoms with Crippen molar-refractivity contribution in [1.82, 2.24) is 9.97 Å². The highest BCUT2D eigenvalue weighted by Crippen LogP contribution is 2.35. The minimum Gasteiger partial charge on any atom is -0.431 e. The Bertz CT molecular complexity index is 954. The summed E-state index contributed by atoms with van der Waals surface area (Å²) in [5.41, 5.74) is -0.252. The SMILES string of the molecule is CCN(C)c1ccc(NC(=O)c2nc(-c3ccccc3)oc2C(F)(F)F)cn1. The summed E-state index contributed by atoms with van der Waals surface area (Å²) < 4.78 is 44.8. The number of aromatic nitrogens is 2. The third-order valence-electron chi connectivity index (χ3n) is 3.99. The summed E-state index contributed by atoms with van der Waals surface area (Å²) in [5.74, 6) is -2.09. The lowest BCUT2D eigenvalue weighted by atomic mass is 10.2. The second-order valence-electron chi connectivity index (χ2n) is 5.93. The molecule has 3 aromatic rings. The van der Waals surface area contributed by atoms with Crippen molar-refractivity contribution in [3.63, 3.8) is 0 Å². The minimum atomic E-state index is -4.86. The molecule has 0 unspecified atom stereocenters. The molecule has 0 aliphatic carbocycles. The molecular formula is C19H17F3N4O2. The fourth-order valence-corrected chi connectivity index (χ4v) is 2.41. The van der Waals surface area contributed by atoms with E-state index in [1.54, 1.807) is 42.5 Å². The smallest absolute Gasteiger partial charge is 0.431 e. The summed E-state index contributed by atoms with van der Waals surface area (Å²) in [7, 11) is 1.84. The van der Waals surface area contributed by atoms with Gasteiger partial charge in [-0.3, -0.25) is 4.79 Å². The van der Waals surface area contributed by atoms with E-state index in [1.165, 1.54) is 6.20 Å². The Labute approximate surface area is 159 Å². The molecule has 146 valence electrons. The molecule has 0 fully saturated rings. The molecule has 1 aromatic carbocycles. The van der Waals surface area contributed by atoms with E-state index >= 15 is 0 Å². The normalized spacial score (nSPS) is 11.3. The van der Waals surface area contributed by atoms with Crippen LogP contribution in [-0.2, 0) is 6.18 Å². The Balaban J connectivity index is 1.89. The topological polar surface area (TPSA) is 71.3 Å². The molecule has 0 radical (unpaired) electrons. The molecule has 2 heterocycles. The lowest BCUT2D eigenvalue weighted by molar-refractivity contribution is -0.153. The van der Waals surface area contributed by atoms with Crippen LogP contribution in [0.4, 0.5) is 24.7 Å². The fourth-order valence-electron chi connectivity index (χ4n) is 2.41. The molecule has 28 heavy (non-hydrogen) atoms. The standard InChI is InChI=1S/C19H17F3N4O2/c1-3-26(2)14-10-9-13(11-23-14)24-17(27)15-16(19(20,21)22)28-18(25-15)12-7-5-4-6-8-12/h4-11H,3H2,1-2H3,(H,24,27). The molecule has 1 amide bonds. The first-order valence-electron chi connectivity index (χ1n) is 8.41. The van der Waals surface area contributed by atoms with Crippen molar-refractivity contribution in [2.24, 2.45) is 0 Å². The molecule has 0 saturated carbocycles. The number of carbonyl (C=O) groups is 1. The van der Waals surface area contributed by atoms with Crippen LogP contribution in [0.3, 0.4) is 0 Å². The molecule has 0 atom stereocenters. The van der Waals surface area contributed by atoms with E-state index in [2.05, 4.69) is 15.3 Å². The highest BCUT2D eigenvalue weighted by atomic mass is 19.4. The monoisotopic (exact) mass is 390 g/mol. The molecule has 6 nitrogen and oxygen atoms in total. The number of rotatable bonds is 5. The zero-order chi connectivity index (χ0) is 20.3. The maximum atomic E-state index is 13.3. The van der Waals surface area contributed by atoms with Gasteiger partial charge in [0.1, 0.15) is 5.82 Å². The van der Waals surface area contributed by atoms with Crippen LogP contribution in [0.5, 0.6) is 0 Å². The first kappa shape index (κ1) is 19.4. The second-order valence-corrected chi connectivity index (χ2v) is 5.93. The van der Waals surface area contributed by atoms with Crippen LogP contribution in [0.1, 0.15) is 23.2 Å². The first-order chi connectivity index (χ1) is 13.3. The Morgan fingerprint density at radius 3 is 2.46 bits per heavy atom. The maximum absolute atomic E-state index is 13.3. The molecule has 1 N–H and O–H groups in total.